The summed E-state index contributed by atoms with van der Waals surface area (Å²) in [7, 11) is 0. The number of carbonyl (C=O) groups is 1. The van der Waals surface area contributed by atoms with Crippen LogP contribution in [0.4, 0.5) is 13.2 Å². The third kappa shape index (κ3) is 5.02. The summed E-state index contributed by atoms with van der Waals surface area (Å²) in [6, 6.07) is 7.72. The van der Waals surface area contributed by atoms with Crippen LogP contribution < -0.4 is 15.1 Å². The topological polar surface area (TPSA) is 69.0 Å². The molecule has 0 bridgehead atoms. The Labute approximate surface area is 152 Å². The van der Waals surface area contributed by atoms with Gasteiger partial charge < -0.3 is 18.8 Å². The normalized spacial score (nSPS) is 17.0. The summed E-state index contributed by atoms with van der Waals surface area (Å²) < 4.78 is 51.4. The largest absolute Gasteiger partial charge is 0.573 e. The van der Waals surface area contributed by atoms with E-state index in [-0.39, 0.29) is 18.2 Å². The second-order valence-corrected chi connectivity index (χ2v) is 6.08. The Morgan fingerprint density at radius 2 is 2.00 bits per heavy atom. The summed E-state index contributed by atoms with van der Waals surface area (Å²) in [6.07, 6.45) is -4.62. The second kappa shape index (κ2) is 7.34. The maximum Gasteiger partial charge on any atom is 0.573 e. The maximum atomic E-state index is 12.5. The number of carbonyl (C=O) groups excluding carboxylic acids is 1. The van der Waals surface area contributed by atoms with E-state index in [1.165, 1.54) is 23.1 Å². The molecule has 2 aromatic rings. The Bertz CT molecular complexity index is 893. The van der Waals surface area contributed by atoms with Crippen LogP contribution in [0, 0.1) is 6.92 Å². The van der Waals surface area contributed by atoms with Gasteiger partial charge in [-0.25, -0.2) is 4.79 Å². The van der Waals surface area contributed by atoms with Gasteiger partial charge in [-0.2, -0.15) is 0 Å². The predicted molar refractivity (Wildman–Crippen MR) is 87.8 cm³/mol. The molecule has 1 aliphatic rings. The molecule has 0 saturated carbocycles. The number of benzene rings is 1. The van der Waals surface area contributed by atoms with Gasteiger partial charge in [0, 0.05) is 24.6 Å². The van der Waals surface area contributed by atoms with Crippen LogP contribution in [0.2, 0.25) is 0 Å². The predicted octanol–water partition coefficient (Wildman–Crippen LogP) is 3.14. The Kier molecular flexibility index (Phi) is 5.11. The Morgan fingerprint density at radius 3 is 2.70 bits per heavy atom. The number of amides is 1. The van der Waals surface area contributed by atoms with E-state index in [0.29, 0.717) is 24.5 Å². The fourth-order valence-corrected chi connectivity index (χ4v) is 2.85. The van der Waals surface area contributed by atoms with Crippen molar-refractivity contribution < 1.29 is 31.9 Å². The monoisotopic (exact) mass is 383 g/mol. The van der Waals surface area contributed by atoms with Crippen LogP contribution in [0.5, 0.6) is 11.5 Å². The number of likely N-dealkylation sites (tertiary alicyclic amines) is 1. The van der Waals surface area contributed by atoms with Gasteiger partial charge in [0.2, 0.25) is 0 Å². The van der Waals surface area contributed by atoms with Gasteiger partial charge in [0.05, 0.1) is 12.6 Å². The molecule has 0 unspecified atom stereocenters. The molecular formula is C18H16F3NO5. The third-order valence-electron chi connectivity index (χ3n) is 3.92. The zero-order chi connectivity index (χ0) is 19.6. The van der Waals surface area contributed by atoms with E-state index < -0.39 is 23.6 Å². The lowest BCUT2D eigenvalue weighted by atomic mass is 10.2. The third-order valence-corrected chi connectivity index (χ3v) is 3.92. The van der Waals surface area contributed by atoms with Crippen molar-refractivity contribution in [3.8, 4) is 11.5 Å². The van der Waals surface area contributed by atoms with Crippen molar-refractivity contribution in [2.24, 2.45) is 0 Å². The quantitative estimate of drug-likeness (QED) is 0.811. The smallest absolute Gasteiger partial charge is 0.488 e. The zero-order valence-electron chi connectivity index (χ0n) is 14.3. The Balaban J connectivity index is 1.65. The highest BCUT2D eigenvalue weighted by atomic mass is 19.4. The van der Waals surface area contributed by atoms with E-state index in [1.54, 1.807) is 13.0 Å². The lowest BCUT2D eigenvalue weighted by molar-refractivity contribution is -0.274. The molecule has 2 heterocycles. The van der Waals surface area contributed by atoms with E-state index in [0.717, 1.165) is 12.1 Å². The first-order valence-corrected chi connectivity index (χ1v) is 8.13. The summed E-state index contributed by atoms with van der Waals surface area (Å²) >= 11 is 0. The van der Waals surface area contributed by atoms with E-state index >= 15 is 0 Å². The van der Waals surface area contributed by atoms with E-state index in [4.69, 9.17) is 9.15 Å². The number of ether oxygens (including phenoxy) is 2. The first kappa shape index (κ1) is 18.8. The van der Waals surface area contributed by atoms with Gasteiger partial charge in [0.25, 0.3) is 5.91 Å². The molecule has 0 radical (unpaired) electrons. The van der Waals surface area contributed by atoms with Crippen molar-refractivity contribution >= 4 is 5.91 Å². The molecule has 1 atom stereocenters. The molecule has 6 nitrogen and oxygen atoms in total. The van der Waals surface area contributed by atoms with Gasteiger partial charge in [-0.3, -0.25) is 4.79 Å². The van der Waals surface area contributed by atoms with Crippen LogP contribution in [0.3, 0.4) is 0 Å². The molecule has 0 aliphatic carbocycles. The second-order valence-electron chi connectivity index (χ2n) is 6.08. The SMILES string of the molecule is Cc1cc(O[C@H]2CCN(C(=O)c3cccc(OC(F)(F)F)c3)C2)cc(=O)o1. The molecule has 1 saturated heterocycles. The molecule has 1 aromatic carbocycles. The molecule has 1 fully saturated rings. The number of aryl methyl sites for hydroxylation is 1. The molecule has 9 heteroatoms. The van der Waals surface area contributed by atoms with Gasteiger partial charge in [0.1, 0.15) is 23.4 Å². The number of nitrogens with zero attached hydrogens (tertiary/aromatic N) is 1. The first-order valence-electron chi connectivity index (χ1n) is 8.13. The molecular weight excluding hydrogens is 367 g/mol. The van der Waals surface area contributed by atoms with Gasteiger partial charge >= 0.3 is 12.0 Å². The Hall–Kier alpha value is -2.97. The number of rotatable bonds is 4. The molecule has 0 N–H and O–H groups in total. The van der Waals surface area contributed by atoms with Gasteiger partial charge in [0.15, 0.2) is 0 Å². The number of hydrogen-bond acceptors (Lipinski definition) is 5. The van der Waals surface area contributed by atoms with E-state index in [2.05, 4.69) is 4.74 Å². The van der Waals surface area contributed by atoms with Gasteiger partial charge in [-0.1, -0.05) is 6.07 Å². The highest BCUT2D eigenvalue weighted by Crippen LogP contribution is 2.25. The minimum absolute atomic E-state index is 0.0913. The van der Waals surface area contributed by atoms with Crippen LogP contribution in [-0.4, -0.2) is 36.4 Å². The van der Waals surface area contributed by atoms with Crippen LogP contribution in [0.1, 0.15) is 22.5 Å². The fraction of sp³-hybridized carbons (Fsp3) is 0.333. The molecule has 3 rings (SSSR count). The Morgan fingerprint density at radius 1 is 1.22 bits per heavy atom. The van der Waals surface area contributed by atoms with Crippen molar-refractivity contribution in [2.75, 3.05) is 13.1 Å². The van der Waals surface area contributed by atoms with E-state index in [9.17, 15) is 22.8 Å². The zero-order valence-corrected chi connectivity index (χ0v) is 14.3. The van der Waals surface area contributed by atoms with Crippen LogP contribution in [0.15, 0.2) is 45.6 Å². The first-order chi connectivity index (χ1) is 12.7. The summed E-state index contributed by atoms with van der Waals surface area (Å²) in [6.45, 7) is 2.26. The minimum Gasteiger partial charge on any atom is -0.488 e. The molecule has 27 heavy (non-hydrogen) atoms. The minimum atomic E-state index is -4.82. The highest BCUT2D eigenvalue weighted by molar-refractivity contribution is 5.94. The molecule has 0 spiro atoms. The van der Waals surface area contributed by atoms with Crippen molar-refractivity contribution in [1.82, 2.24) is 4.90 Å². The lowest BCUT2D eigenvalue weighted by Crippen LogP contribution is -2.31. The number of alkyl halides is 3. The molecule has 144 valence electrons. The lowest BCUT2D eigenvalue weighted by Gasteiger charge is -2.18. The summed E-state index contributed by atoms with van der Waals surface area (Å²) in [5.41, 5.74) is -0.439. The van der Waals surface area contributed by atoms with Gasteiger partial charge in [-0.15, -0.1) is 13.2 Å². The summed E-state index contributed by atoms with van der Waals surface area (Å²) in [4.78, 5) is 25.4. The van der Waals surface area contributed by atoms with Crippen molar-refractivity contribution in [3.05, 3.63) is 58.1 Å². The average molecular weight is 383 g/mol. The van der Waals surface area contributed by atoms with Gasteiger partial charge in [-0.05, 0) is 25.1 Å². The average Bonchev–Trinajstić information content (AvgIpc) is 3.00. The number of hydrogen-bond donors (Lipinski definition) is 0. The fourth-order valence-electron chi connectivity index (χ4n) is 2.85. The summed E-state index contributed by atoms with van der Waals surface area (Å²) in [5, 5.41) is 0. The number of halogens is 3. The van der Waals surface area contributed by atoms with Crippen molar-refractivity contribution in [2.45, 2.75) is 25.8 Å². The maximum absolute atomic E-state index is 12.5. The highest BCUT2D eigenvalue weighted by Gasteiger charge is 2.32. The van der Waals surface area contributed by atoms with Crippen LogP contribution in [-0.2, 0) is 0 Å². The van der Waals surface area contributed by atoms with Crippen LogP contribution in [0.25, 0.3) is 0 Å². The van der Waals surface area contributed by atoms with Crippen molar-refractivity contribution in [3.63, 3.8) is 0 Å². The van der Waals surface area contributed by atoms with Crippen LogP contribution >= 0.6 is 0 Å². The molecule has 1 aliphatic heterocycles. The molecule has 1 amide bonds. The van der Waals surface area contributed by atoms with E-state index in [1.807, 2.05) is 0 Å². The molecule has 1 aromatic heterocycles. The standard InChI is InChI=1S/C18H16F3NO5/c1-11-7-15(9-16(23)25-11)26-14-5-6-22(10-14)17(24)12-3-2-4-13(8-12)27-18(19,20)21/h2-4,7-9,14H,5-6,10H2,1H3/t14-/m0/s1. The van der Waals surface area contributed by atoms with Crippen molar-refractivity contribution in [1.29, 1.82) is 0 Å². The summed E-state index contributed by atoms with van der Waals surface area (Å²) in [5.74, 6) is -0.113.